The first kappa shape index (κ1) is 16.2. The van der Waals surface area contributed by atoms with Crippen LogP contribution in [0, 0.1) is 6.92 Å². The Balaban J connectivity index is 1.73. The van der Waals surface area contributed by atoms with Gasteiger partial charge in [-0.05, 0) is 25.1 Å². The van der Waals surface area contributed by atoms with Crippen molar-refractivity contribution in [2.24, 2.45) is 0 Å². The highest BCUT2D eigenvalue weighted by Crippen LogP contribution is 2.34. The molecule has 0 aliphatic heterocycles. The maximum absolute atomic E-state index is 5.35. The Kier molecular flexibility index (Phi) is 5.14. The largest absolute Gasteiger partial charge is 0.493 e. The standard InChI is InChI=1S/C15H15N3O2S3/c1-9-17-18-15(23-9)22-8-11-7-21-14(16-11)10-4-5-12(19-2)13(6-10)20-3/h4-7H,8H2,1-3H3. The van der Waals surface area contributed by atoms with Gasteiger partial charge in [0.1, 0.15) is 10.0 Å². The third-order valence-electron chi connectivity index (χ3n) is 3.03. The lowest BCUT2D eigenvalue weighted by Crippen LogP contribution is -1.90. The highest BCUT2D eigenvalue weighted by molar-refractivity contribution is 8.00. The van der Waals surface area contributed by atoms with E-state index in [0.29, 0.717) is 5.75 Å². The fourth-order valence-electron chi connectivity index (χ4n) is 1.95. The molecule has 0 aliphatic rings. The third kappa shape index (κ3) is 3.82. The van der Waals surface area contributed by atoms with Gasteiger partial charge in [-0.1, -0.05) is 23.1 Å². The summed E-state index contributed by atoms with van der Waals surface area (Å²) in [4.78, 5) is 4.69. The number of rotatable bonds is 6. The van der Waals surface area contributed by atoms with E-state index < -0.39 is 0 Å². The van der Waals surface area contributed by atoms with Crippen LogP contribution in [0.4, 0.5) is 0 Å². The molecule has 23 heavy (non-hydrogen) atoms. The van der Waals surface area contributed by atoms with Gasteiger partial charge in [-0.2, -0.15) is 0 Å². The van der Waals surface area contributed by atoms with Crippen molar-refractivity contribution >= 4 is 34.4 Å². The second-order valence-electron chi connectivity index (χ2n) is 4.59. The number of ether oxygens (including phenoxy) is 2. The zero-order chi connectivity index (χ0) is 16.2. The Labute approximate surface area is 146 Å². The van der Waals surface area contributed by atoms with E-state index in [4.69, 9.17) is 14.5 Å². The normalized spacial score (nSPS) is 10.7. The highest BCUT2D eigenvalue weighted by atomic mass is 32.2. The van der Waals surface area contributed by atoms with Crippen LogP contribution < -0.4 is 9.47 Å². The van der Waals surface area contributed by atoms with Gasteiger partial charge in [0, 0.05) is 16.7 Å². The van der Waals surface area contributed by atoms with Crippen LogP contribution in [0.5, 0.6) is 11.5 Å². The minimum absolute atomic E-state index is 0.709. The molecule has 0 fully saturated rings. The van der Waals surface area contributed by atoms with Crippen LogP contribution in [0.1, 0.15) is 10.7 Å². The number of thioether (sulfide) groups is 1. The monoisotopic (exact) mass is 365 g/mol. The molecule has 0 saturated carbocycles. The minimum Gasteiger partial charge on any atom is -0.493 e. The van der Waals surface area contributed by atoms with Crippen LogP contribution >= 0.6 is 34.4 Å². The molecule has 0 N–H and O–H groups in total. The summed E-state index contributed by atoms with van der Waals surface area (Å²) in [6.07, 6.45) is 0. The first-order valence-corrected chi connectivity index (χ1v) is 9.47. The van der Waals surface area contributed by atoms with E-state index >= 15 is 0 Å². The number of hydrogen-bond donors (Lipinski definition) is 0. The summed E-state index contributed by atoms with van der Waals surface area (Å²) in [5.74, 6) is 2.22. The smallest absolute Gasteiger partial charge is 0.174 e. The predicted octanol–water partition coefficient (Wildman–Crippen LogP) is 4.28. The number of hydrogen-bond acceptors (Lipinski definition) is 8. The van der Waals surface area contributed by atoms with E-state index in [1.165, 1.54) is 0 Å². The van der Waals surface area contributed by atoms with Crippen molar-refractivity contribution in [3.63, 3.8) is 0 Å². The maximum atomic E-state index is 5.35. The van der Waals surface area contributed by atoms with Gasteiger partial charge in [-0.15, -0.1) is 21.5 Å². The molecule has 5 nitrogen and oxygen atoms in total. The Morgan fingerprint density at radius 3 is 2.65 bits per heavy atom. The molecule has 120 valence electrons. The van der Waals surface area contributed by atoms with E-state index in [2.05, 4.69) is 15.6 Å². The van der Waals surface area contributed by atoms with Crippen LogP contribution in [-0.4, -0.2) is 29.4 Å². The van der Waals surface area contributed by atoms with Crippen molar-refractivity contribution in [3.05, 3.63) is 34.3 Å². The number of aryl methyl sites for hydroxylation is 1. The van der Waals surface area contributed by atoms with Gasteiger partial charge >= 0.3 is 0 Å². The molecule has 0 saturated heterocycles. The van der Waals surface area contributed by atoms with Crippen molar-refractivity contribution < 1.29 is 9.47 Å². The summed E-state index contributed by atoms with van der Waals surface area (Å²) in [5.41, 5.74) is 2.06. The molecule has 0 radical (unpaired) electrons. The third-order valence-corrected chi connectivity index (χ3v) is 5.98. The van der Waals surface area contributed by atoms with Crippen molar-refractivity contribution in [3.8, 4) is 22.1 Å². The summed E-state index contributed by atoms with van der Waals surface area (Å²) in [6.45, 7) is 1.96. The number of thiazole rings is 1. The molecular weight excluding hydrogens is 350 g/mol. The molecule has 2 heterocycles. The number of aromatic nitrogens is 3. The van der Waals surface area contributed by atoms with E-state index in [1.807, 2.05) is 25.1 Å². The molecule has 1 aromatic carbocycles. The van der Waals surface area contributed by atoms with E-state index in [1.54, 1.807) is 48.7 Å². The number of nitrogens with zero attached hydrogens (tertiary/aromatic N) is 3. The molecule has 0 bridgehead atoms. The molecule has 0 unspecified atom stereocenters. The Hall–Kier alpha value is -1.64. The summed E-state index contributed by atoms with van der Waals surface area (Å²) in [7, 11) is 3.26. The molecule has 0 atom stereocenters. The molecule has 8 heteroatoms. The van der Waals surface area contributed by atoms with Crippen LogP contribution in [0.15, 0.2) is 27.9 Å². The van der Waals surface area contributed by atoms with E-state index in [0.717, 1.165) is 37.1 Å². The highest BCUT2D eigenvalue weighted by Gasteiger charge is 2.10. The molecule has 0 spiro atoms. The molecule has 0 aliphatic carbocycles. The SMILES string of the molecule is COc1ccc(-c2nc(CSc3nnc(C)s3)cs2)cc1OC. The second kappa shape index (κ2) is 7.29. The molecule has 3 rings (SSSR count). The lowest BCUT2D eigenvalue weighted by atomic mass is 10.2. The number of methoxy groups -OCH3 is 2. The van der Waals surface area contributed by atoms with Crippen molar-refractivity contribution in [2.45, 2.75) is 17.0 Å². The molecule has 0 amide bonds. The van der Waals surface area contributed by atoms with Gasteiger partial charge in [-0.25, -0.2) is 4.98 Å². The maximum Gasteiger partial charge on any atom is 0.174 e. The summed E-state index contributed by atoms with van der Waals surface area (Å²) in [5, 5.41) is 12.2. The summed E-state index contributed by atoms with van der Waals surface area (Å²) in [6, 6.07) is 5.84. The quantitative estimate of drug-likeness (QED) is 0.608. The van der Waals surface area contributed by atoms with Crippen molar-refractivity contribution in [2.75, 3.05) is 14.2 Å². The van der Waals surface area contributed by atoms with Gasteiger partial charge in [-0.3, -0.25) is 0 Å². The van der Waals surface area contributed by atoms with Gasteiger partial charge < -0.3 is 9.47 Å². The zero-order valence-electron chi connectivity index (χ0n) is 12.9. The van der Waals surface area contributed by atoms with E-state index in [9.17, 15) is 0 Å². The second-order valence-corrected chi connectivity index (χ2v) is 7.85. The summed E-state index contributed by atoms with van der Waals surface area (Å²) >= 11 is 4.89. The average molecular weight is 366 g/mol. The van der Waals surface area contributed by atoms with Gasteiger partial charge in [0.15, 0.2) is 15.8 Å². The minimum atomic E-state index is 0.709. The zero-order valence-corrected chi connectivity index (χ0v) is 15.3. The van der Waals surface area contributed by atoms with Crippen LogP contribution in [-0.2, 0) is 5.75 Å². The fraction of sp³-hybridized carbons (Fsp3) is 0.267. The van der Waals surface area contributed by atoms with Gasteiger partial charge in [0.2, 0.25) is 0 Å². The molecular formula is C15H15N3O2S3. The van der Waals surface area contributed by atoms with Crippen molar-refractivity contribution in [1.29, 1.82) is 0 Å². The van der Waals surface area contributed by atoms with Gasteiger partial charge in [0.25, 0.3) is 0 Å². The first-order chi connectivity index (χ1) is 11.2. The topological polar surface area (TPSA) is 57.1 Å². The predicted molar refractivity (Wildman–Crippen MR) is 94.9 cm³/mol. The molecule has 3 aromatic rings. The fourth-order valence-corrected chi connectivity index (χ4v) is 4.58. The van der Waals surface area contributed by atoms with Crippen molar-refractivity contribution in [1.82, 2.24) is 15.2 Å². The van der Waals surface area contributed by atoms with Gasteiger partial charge in [0.05, 0.1) is 19.9 Å². The lowest BCUT2D eigenvalue weighted by molar-refractivity contribution is 0.355. The number of benzene rings is 1. The Morgan fingerprint density at radius 1 is 1.13 bits per heavy atom. The van der Waals surface area contributed by atoms with Crippen LogP contribution in [0.3, 0.4) is 0 Å². The average Bonchev–Trinajstić information content (AvgIpc) is 3.21. The van der Waals surface area contributed by atoms with E-state index in [-0.39, 0.29) is 0 Å². The first-order valence-electron chi connectivity index (χ1n) is 6.79. The Morgan fingerprint density at radius 2 is 1.96 bits per heavy atom. The lowest BCUT2D eigenvalue weighted by Gasteiger charge is -2.08. The summed E-state index contributed by atoms with van der Waals surface area (Å²) < 4.78 is 11.6. The van der Waals surface area contributed by atoms with Crippen LogP contribution in [0.25, 0.3) is 10.6 Å². The Bertz CT molecular complexity index is 801. The molecule has 2 aromatic heterocycles. The van der Waals surface area contributed by atoms with Crippen LogP contribution in [0.2, 0.25) is 0 Å².